The third-order valence-electron chi connectivity index (χ3n) is 4.15. The maximum Gasteiger partial charge on any atom is 0.186 e. The summed E-state index contributed by atoms with van der Waals surface area (Å²) in [7, 11) is 0. The summed E-state index contributed by atoms with van der Waals surface area (Å²) in [6.45, 7) is 11.1. The number of nitrogens with one attached hydrogen (secondary N) is 1. The van der Waals surface area contributed by atoms with Crippen LogP contribution >= 0.6 is 11.3 Å². The van der Waals surface area contributed by atoms with E-state index in [9.17, 15) is 0 Å². The minimum absolute atomic E-state index is 0.582. The monoisotopic (exact) mass is 281 g/mol. The van der Waals surface area contributed by atoms with E-state index >= 15 is 0 Å². The highest BCUT2D eigenvalue weighted by Crippen LogP contribution is 2.30. The van der Waals surface area contributed by atoms with Crippen LogP contribution in [0.5, 0.6) is 0 Å². The van der Waals surface area contributed by atoms with E-state index < -0.39 is 0 Å². The molecular weight excluding hydrogens is 254 g/mol. The molecule has 2 unspecified atom stereocenters. The molecule has 1 aromatic rings. The van der Waals surface area contributed by atoms with Crippen molar-refractivity contribution in [3.05, 3.63) is 10.6 Å². The number of aromatic nitrogens is 1. The molecule has 108 valence electrons. The average Bonchev–Trinajstić information content (AvgIpc) is 2.77. The normalized spacial score (nSPS) is 21.7. The Kier molecular flexibility index (Phi) is 5.22. The van der Waals surface area contributed by atoms with Crippen LogP contribution in [0.1, 0.15) is 57.0 Å². The highest BCUT2D eigenvalue weighted by Gasteiger charge is 2.22. The zero-order chi connectivity index (χ0) is 13.8. The molecule has 2 heterocycles. The molecule has 3 nitrogen and oxygen atoms in total. The third-order valence-corrected chi connectivity index (χ3v) is 5.35. The summed E-state index contributed by atoms with van der Waals surface area (Å²) in [5.41, 5.74) is 1.20. The Morgan fingerprint density at radius 1 is 1.47 bits per heavy atom. The fraction of sp³-hybridized carbons (Fsp3) is 0.800. The molecule has 0 radical (unpaired) electrons. The van der Waals surface area contributed by atoms with Crippen molar-refractivity contribution in [1.82, 2.24) is 10.3 Å². The van der Waals surface area contributed by atoms with E-state index in [0.29, 0.717) is 12.1 Å². The molecule has 0 aliphatic carbocycles. The first-order valence-electron chi connectivity index (χ1n) is 7.58. The molecule has 1 saturated heterocycles. The van der Waals surface area contributed by atoms with Gasteiger partial charge in [0.2, 0.25) is 0 Å². The topological polar surface area (TPSA) is 28.2 Å². The number of hydrogen-bond acceptors (Lipinski definition) is 4. The average molecular weight is 281 g/mol. The second-order valence-electron chi connectivity index (χ2n) is 5.73. The minimum atomic E-state index is 0.582. The molecule has 19 heavy (non-hydrogen) atoms. The van der Waals surface area contributed by atoms with Gasteiger partial charge in [-0.05, 0) is 46.5 Å². The SMILES string of the molecule is CCC(C)NCc1sc(N2CCCCC2C)nc1C. The zero-order valence-corrected chi connectivity index (χ0v) is 13.5. The number of hydrogen-bond donors (Lipinski definition) is 1. The van der Waals surface area contributed by atoms with Gasteiger partial charge in [0.1, 0.15) is 0 Å². The predicted molar refractivity (Wildman–Crippen MR) is 84.1 cm³/mol. The van der Waals surface area contributed by atoms with Crippen molar-refractivity contribution in [2.75, 3.05) is 11.4 Å². The van der Waals surface area contributed by atoms with Gasteiger partial charge in [0.15, 0.2) is 5.13 Å². The van der Waals surface area contributed by atoms with Gasteiger partial charge in [0, 0.05) is 30.1 Å². The van der Waals surface area contributed by atoms with Crippen molar-refractivity contribution in [3.8, 4) is 0 Å². The number of nitrogens with zero attached hydrogens (tertiary/aromatic N) is 2. The zero-order valence-electron chi connectivity index (χ0n) is 12.7. The highest BCUT2D eigenvalue weighted by molar-refractivity contribution is 7.15. The van der Waals surface area contributed by atoms with Gasteiger partial charge in [-0.3, -0.25) is 0 Å². The number of thiazole rings is 1. The molecule has 2 atom stereocenters. The van der Waals surface area contributed by atoms with Crippen molar-refractivity contribution in [2.24, 2.45) is 0 Å². The first-order chi connectivity index (χ1) is 9.11. The number of piperidine rings is 1. The van der Waals surface area contributed by atoms with Crippen LogP contribution in [0, 0.1) is 6.92 Å². The molecule has 4 heteroatoms. The van der Waals surface area contributed by atoms with Gasteiger partial charge in [-0.1, -0.05) is 6.92 Å². The maximum atomic E-state index is 4.79. The molecule has 2 rings (SSSR count). The standard InChI is InChI=1S/C15H27N3S/c1-5-11(2)16-10-14-13(4)17-15(19-14)18-9-7-6-8-12(18)3/h11-12,16H,5-10H2,1-4H3. The Hall–Kier alpha value is -0.610. The Morgan fingerprint density at radius 3 is 2.95 bits per heavy atom. The summed E-state index contributed by atoms with van der Waals surface area (Å²) in [6, 6.07) is 1.23. The molecule has 1 aliphatic rings. The van der Waals surface area contributed by atoms with E-state index in [1.54, 1.807) is 0 Å². The smallest absolute Gasteiger partial charge is 0.186 e. The van der Waals surface area contributed by atoms with Gasteiger partial charge in [0.05, 0.1) is 5.69 Å². The molecule has 0 amide bonds. The van der Waals surface area contributed by atoms with E-state index in [-0.39, 0.29) is 0 Å². The lowest BCUT2D eigenvalue weighted by Crippen LogP contribution is -2.37. The van der Waals surface area contributed by atoms with Gasteiger partial charge in [-0.2, -0.15) is 0 Å². The van der Waals surface area contributed by atoms with E-state index in [4.69, 9.17) is 4.98 Å². The lowest BCUT2D eigenvalue weighted by molar-refractivity contribution is 0.484. The lowest BCUT2D eigenvalue weighted by atomic mass is 10.1. The van der Waals surface area contributed by atoms with Gasteiger partial charge >= 0.3 is 0 Å². The highest BCUT2D eigenvalue weighted by atomic mass is 32.1. The quantitative estimate of drug-likeness (QED) is 0.891. The van der Waals surface area contributed by atoms with E-state index in [0.717, 1.165) is 6.54 Å². The predicted octanol–water partition coefficient (Wildman–Crippen LogP) is 3.72. The van der Waals surface area contributed by atoms with Crippen molar-refractivity contribution in [2.45, 2.75) is 72.0 Å². The van der Waals surface area contributed by atoms with Gasteiger partial charge in [0.25, 0.3) is 0 Å². The largest absolute Gasteiger partial charge is 0.345 e. The Labute approximate surface area is 121 Å². The van der Waals surface area contributed by atoms with Gasteiger partial charge in [-0.15, -0.1) is 11.3 Å². The maximum absolute atomic E-state index is 4.79. The van der Waals surface area contributed by atoms with Crippen LogP contribution in [-0.2, 0) is 6.54 Å². The summed E-state index contributed by atoms with van der Waals surface area (Å²) < 4.78 is 0. The van der Waals surface area contributed by atoms with Gasteiger partial charge in [-0.25, -0.2) is 4.98 Å². The molecule has 1 fully saturated rings. The van der Waals surface area contributed by atoms with Crippen LogP contribution in [0.2, 0.25) is 0 Å². The molecule has 0 aromatic carbocycles. The first-order valence-corrected chi connectivity index (χ1v) is 8.39. The van der Waals surface area contributed by atoms with E-state index in [2.05, 4.69) is 37.9 Å². The van der Waals surface area contributed by atoms with Gasteiger partial charge < -0.3 is 10.2 Å². The van der Waals surface area contributed by atoms with Crippen molar-refractivity contribution >= 4 is 16.5 Å². The van der Waals surface area contributed by atoms with Crippen molar-refractivity contribution < 1.29 is 0 Å². The number of anilines is 1. The van der Waals surface area contributed by atoms with E-state index in [1.165, 1.54) is 47.9 Å². The Balaban J connectivity index is 2.03. The van der Waals surface area contributed by atoms with Crippen LogP contribution in [0.25, 0.3) is 0 Å². The summed E-state index contributed by atoms with van der Waals surface area (Å²) in [4.78, 5) is 8.68. The molecule has 1 N–H and O–H groups in total. The summed E-state index contributed by atoms with van der Waals surface area (Å²) in [5.74, 6) is 0. The molecule has 0 saturated carbocycles. The second kappa shape index (κ2) is 6.71. The third kappa shape index (κ3) is 3.69. The molecule has 0 spiro atoms. The van der Waals surface area contributed by atoms with E-state index in [1.807, 2.05) is 11.3 Å². The van der Waals surface area contributed by atoms with Crippen LogP contribution in [-0.4, -0.2) is 23.6 Å². The summed E-state index contributed by atoms with van der Waals surface area (Å²) in [6.07, 6.45) is 5.15. The minimum Gasteiger partial charge on any atom is -0.345 e. The molecule has 1 aromatic heterocycles. The molecule has 1 aliphatic heterocycles. The summed E-state index contributed by atoms with van der Waals surface area (Å²) in [5, 5.41) is 4.80. The Morgan fingerprint density at radius 2 is 2.26 bits per heavy atom. The number of rotatable bonds is 5. The number of aryl methyl sites for hydroxylation is 1. The van der Waals surface area contributed by atoms with Crippen molar-refractivity contribution in [3.63, 3.8) is 0 Å². The second-order valence-corrected chi connectivity index (χ2v) is 6.80. The molecular formula is C15H27N3S. The Bertz CT molecular complexity index is 402. The van der Waals surface area contributed by atoms with Crippen LogP contribution in [0.3, 0.4) is 0 Å². The fourth-order valence-electron chi connectivity index (χ4n) is 2.49. The summed E-state index contributed by atoms with van der Waals surface area (Å²) >= 11 is 1.87. The fourth-order valence-corrected chi connectivity index (χ4v) is 3.63. The first kappa shape index (κ1) is 14.8. The lowest BCUT2D eigenvalue weighted by Gasteiger charge is -2.33. The van der Waals surface area contributed by atoms with Crippen molar-refractivity contribution in [1.29, 1.82) is 0 Å². The van der Waals surface area contributed by atoms with Crippen LogP contribution in [0.4, 0.5) is 5.13 Å². The van der Waals surface area contributed by atoms with Crippen LogP contribution in [0.15, 0.2) is 0 Å². The van der Waals surface area contributed by atoms with Crippen LogP contribution < -0.4 is 10.2 Å². The molecule has 0 bridgehead atoms.